The molecule has 0 bridgehead atoms. The molecule has 0 aliphatic rings. The largest absolute Gasteiger partial charge is 0.320 e. The van der Waals surface area contributed by atoms with E-state index in [9.17, 15) is 0 Å². The minimum absolute atomic E-state index is 0.244. The summed E-state index contributed by atoms with van der Waals surface area (Å²) in [4.78, 5) is 0. The highest BCUT2D eigenvalue weighted by molar-refractivity contribution is 7.76. The van der Waals surface area contributed by atoms with Crippen LogP contribution >= 0.6 is 19.0 Å². The summed E-state index contributed by atoms with van der Waals surface area (Å²) in [5.41, 5.74) is 0. The molecule has 0 rings (SSSR count). The predicted octanol–water partition coefficient (Wildman–Crippen LogP) is 3.43. The first kappa shape index (κ1) is 15.1. The van der Waals surface area contributed by atoms with Crippen LogP contribution < -0.4 is 0 Å². The van der Waals surface area contributed by atoms with Crippen molar-refractivity contribution in [3.05, 3.63) is 0 Å². The Labute approximate surface area is 97.8 Å². The molecule has 4 nitrogen and oxygen atoms in total. The van der Waals surface area contributed by atoms with Crippen LogP contribution in [0.5, 0.6) is 0 Å². The molecule has 1 atom stereocenters. The molecular weight excluding hydrogens is 235 g/mol. The van der Waals surface area contributed by atoms with Crippen molar-refractivity contribution in [2.45, 2.75) is 46.2 Å². The molecule has 6 heteroatoms. The Kier molecular flexibility index (Phi) is 8.32. The normalized spacial score (nSPS) is 13.5. The molecule has 0 fully saturated rings. The van der Waals surface area contributed by atoms with Crippen molar-refractivity contribution < 1.29 is 9.15 Å². The molecule has 15 heavy (non-hydrogen) atoms. The first-order chi connectivity index (χ1) is 6.99. The average Bonchev–Trinajstić information content (AvgIpc) is 2.13. The van der Waals surface area contributed by atoms with Crippen LogP contribution in [0.25, 0.3) is 0 Å². The quantitative estimate of drug-likeness (QED) is 0.396. The second-order valence-electron chi connectivity index (χ2n) is 3.58. The van der Waals surface area contributed by atoms with Gasteiger partial charge < -0.3 is 4.52 Å². The van der Waals surface area contributed by atoms with Gasteiger partial charge in [0, 0.05) is 12.1 Å². The SMILES string of the molecule is CC(C)N(OP(Cl)OCCC#N)C(C)C. The molecule has 0 aromatic rings. The van der Waals surface area contributed by atoms with Crippen molar-refractivity contribution in [2.75, 3.05) is 6.61 Å². The summed E-state index contributed by atoms with van der Waals surface area (Å²) >= 11 is 5.87. The minimum atomic E-state index is -1.45. The summed E-state index contributed by atoms with van der Waals surface area (Å²) < 4.78 is 10.6. The Balaban J connectivity index is 3.90. The van der Waals surface area contributed by atoms with Crippen molar-refractivity contribution >= 4 is 19.0 Å². The lowest BCUT2D eigenvalue weighted by atomic mass is 10.3. The first-order valence-corrected chi connectivity index (χ1v) is 6.99. The number of rotatable bonds is 7. The Bertz CT molecular complexity index is 201. The van der Waals surface area contributed by atoms with Crippen LogP contribution in [0.4, 0.5) is 0 Å². The number of nitrogens with zero attached hydrogens (tertiary/aromatic N) is 2. The van der Waals surface area contributed by atoms with Gasteiger partial charge in [-0.05, 0) is 38.9 Å². The molecule has 0 saturated heterocycles. The van der Waals surface area contributed by atoms with E-state index in [4.69, 9.17) is 25.7 Å². The molecule has 0 spiro atoms. The van der Waals surface area contributed by atoms with Crippen LogP contribution in [0.15, 0.2) is 0 Å². The molecule has 0 amide bonds. The molecular formula is C9H18ClN2O2P. The fourth-order valence-electron chi connectivity index (χ4n) is 1.05. The standard InChI is InChI=1S/C9H18ClN2O2P/c1-8(2)12(9(3)4)14-15(10)13-7-5-6-11/h8-9H,5,7H2,1-4H3. The number of hydrogen-bond donors (Lipinski definition) is 0. The Hall–Kier alpha value is 0.0900. The Morgan fingerprint density at radius 3 is 2.27 bits per heavy atom. The maximum absolute atomic E-state index is 8.32. The lowest BCUT2D eigenvalue weighted by molar-refractivity contribution is -0.109. The van der Waals surface area contributed by atoms with E-state index in [0.29, 0.717) is 13.0 Å². The van der Waals surface area contributed by atoms with Crippen molar-refractivity contribution in [1.29, 1.82) is 5.26 Å². The molecule has 0 aliphatic heterocycles. The second kappa shape index (κ2) is 8.27. The molecule has 0 aromatic carbocycles. The molecule has 0 N–H and O–H groups in total. The zero-order valence-corrected chi connectivity index (χ0v) is 11.3. The molecule has 0 radical (unpaired) electrons. The summed E-state index contributed by atoms with van der Waals surface area (Å²) in [5.74, 6) is 0. The van der Waals surface area contributed by atoms with Gasteiger partial charge in [0.2, 0.25) is 0 Å². The summed E-state index contributed by atoms with van der Waals surface area (Å²) in [6.07, 6.45) is 0.332. The number of nitriles is 1. The maximum Gasteiger partial charge on any atom is 0.294 e. The Morgan fingerprint density at radius 2 is 1.87 bits per heavy atom. The van der Waals surface area contributed by atoms with E-state index in [1.165, 1.54) is 0 Å². The smallest absolute Gasteiger partial charge is 0.294 e. The number of halogens is 1. The van der Waals surface area contributed by atoms with Crippen LogP contribution in [-0.4, -0.2) is 23.8 Å². The molecule has 1 unspecified atom stereocenters. The van der Waals surface area contributed by atoms with Gasteiger partial charge in [0.05, 0.1) is 19.1 Å². The lowest BCUT2D eigenvalue weighted by Crippen LogP contribution is -2.35. The van der Waals surface area contributed by atoms with E-state index in [1.807, 2.05) is 33.8 Å². The van der Waals surface area contributed by atoms with E-state index >= 15 is 0 Å². The second-order valence-corrected chi connectivity index (χ2v) is 5.26. The monoisotopic (exact) mass is 252 g/mol. The lowest BCUT2D eigenvalue weighted by Gasteiger charge is -2.29. The molecule has 0 aliphatic carbocycles. The van der Waals surface area contributed by atoms with Crippen LogP contribution in [0.1, 0.15) is 34.1 Å². The van der Waals surface area contributed by atoms with Crippen LogP contribution in [-0.2, 0) is 9.15 Å². The van der Waals surface area contributed by atoms with Gasteiger partial charge in [0.1, 0.15) is 0 Å². The highest BCUT2D eigenvalue weighted by Gasteiger charge is 2.19. The molecule has 0 heterocycles. The van der Waals surface area contributed by atoms with E-state index in [0.717, 1.165) is 0 Å². The third-order valence-electron chi connectivity index (χ3n) is 1.58. The highest BCUT2D eigenvalue weighted by atomic mass is 35.7. The summed E-state index contributed by atoms with van der Waals surface area (Å²) in [5, 5.41) is 10.1. The summed E-state index contributed by atoms with van der Waals surface area (Å²) in [7, 11) is -1.45. The van der Waals surface area contributed by atoms with E-state index < -0.39 is 7.73 Å². The number of hydrogen-bond acceptors (Lipinski definition) is 4. The van der Waals surface area contributed by atoms with Gasteiger partial charge in [0.25, 0.3) is 7.73 Å². The van der Waals surface area contributed by atoms with E-state index in [-0.39, 0.29) is 12.1 Å². The van der Waals surface area contributed by atoms with E-state index in [2.05, 4.69) is 0 Å². The van der Waals surface area contributed by atoms with Crippen molar-refractivity contribution in [3.63, 3.8) is 0 Å². The van der Waals surface area contributed by atoms with Crippen LogP contribution in [0.3, 0.4) is 0 Å². The predicted molar refractivity (Wildman–Crippen MR) is 62.2 cm³/mol. The van der Waals surface area contributed by atoms with Gasteiger partial charge in [-0.25, -0.2) is 4.62 Å². The van der Waals surface area contributed by atoms with Gasteiger partial charge in [-0.1, -0.05) is 0 Å². The van der Waals surface area contributed by atoms with Crippen LogP contribution in [0.2, 0.25) is 0 Å². The maximum atomic E-state index is 8.32. The molecule has 0 saturated carbocycles. The highest BCUT2D eigenvalue weighted by Crippen LogP contribution is 2.45. The van der Waals surface area contributed by atoms with Gasteiger partial charge in [-0.15, -0.1) is 0 Å². The van der Waals surface area contributed by atoms with Crippen LogP contribution in [0, 0.1) is 11.3 Å². The first-order valence-electron chi connectivity index (χ1n) is 4.91. The summed E-state index contributed by atoms with van der Waals surface area (Å²) in [6.45, 7) is 8.41. The fraction of sp³-hybridized carbons (Fsp3) is 0.889. The van der Waals surface area contributed by atoms with Crippen molar-refractivity contribution in [2.24, 2.45) is 0 Å². The topological polar surface area (TPSA) is 45.5 Å². The fourth-order valence-corrected chi connectivity index (χ4v) is 2.27. The zero-order valence-electron chi connectivity index (χ0n) is 9.61. The van der Waals surface area contributed by atoms with Crippen molar-refractivity contribution in [3.8, 4) is 6.07 Å². The van der Waals surface area contributed by atoms with Gasteiger partial charge in [-0.3, -0.25) is 0 Å². The number of hydroxylamine groups is 2. The minimum Gasteiger partial charge on any atom is -0.320 e. The molecule has 88 valence electrons. The third-order valence-corrected chi connectivity index (χ3v) is 2.76. The Morgan fingerprint density at radius 1 is 1.33 bits per heavy atom. The van der Waals surface area contributed by atoms with Crippen molar-refractivity contribution in [1.82, 2.24) is 5.06 Å². The van der Waals surface area contributed by atoms with Gasteiger partial charge in [-0.2, -0.15) is 10.3 Å². The van der Waals surface area contributed by atoms with Gasteiger partial charge >= 0.3 is 0 Å². The zero-order chi connectivity index (χ0) is 11.8. The average molecular weight is 253 g/mol. The van der Waals surface area contributed by atoms with Gasteiger partial charge in [0.15, 0.2) is 0 Å². The van der Waals surface area contributed by atoms with E-state index in [1.54, 1.807) is 5.06 Å². The molecule has 0 aromatic heterocycles. The summed E-state index contributed by atoms with van der Waals surface area (Å²) in [6, 6.07) is 2.47. The third kappa shape index (κ3) is 7.05.